The number of likely N-dealkylation sites (tertiary alicyclic amines) is 2. The Labute approximate surface area is 329 Å². The predicted octanol–water partition coefficient (Wildman–Crippen LogP) is 7.22. The number of amides is 2. The van der Waals surface area contributed by atoms with Crippen molar-refractivity contribution in [1.82, 2.24) is 15.1 Å². The molecule has 308 valence electrons. The zero-order valence-electron chi connectivity index (χ0n) is 34.8. The topological polar surface area (TPSA) is 121 Å². The van der Waals surface area contributed by atoms with Crippen LogP contribution in [0.2, 0.25) is 0 Å². The number of carbonyl (C=O) groups is 6. The average Bonchev–Trinajstić information content (AvgIpc) is 3.82. The lowest BCUT2D eigenvalue weighted by Crippen LogP contribution is -2.54. The number of carbonyl (C=O) groups excluding carboxylic acids is 6. The van der Waals surface area contributed by atoms with Crippen molar-refractivity contribution in [2.45, 2.75) is 175 Å². The molecular formula is C45H70FN3O6. The number of nitrogens with zero attached hydrogens (tertiary/aromatic N) is 2. The molecule has 2 heterocycles. The average molecular weight is 768 g/mol. The fraction of sp³-hybridized carbons (Fsp3) is 0.867. The Morgan fingerprint density at radius 2 is 1.55 bits per heavy atom. The third-order valence-corrected chi connectivity index (χ3v) is 15.9. The highest BCUT2D eigenvalue weighted by atomic mass is 19.1. The first-order chi connectivity index (χ1) is 26.0. The Balaban J connectivity index is 1.25. The smallest absolute Gasteiger partial charge is 0.237 e. The zero-order valence-corrected chi connectivity index (χ0v) is 34.8. The summed E-state index contributed by atoms with van der Waals surface area (Å²) in [6.07, 6.45) is 13.2. The van der Waals surface area contributed by atoms with E-state index in [4.69, 9.17) is 0 Å². The summed E-state index contributed by atoms with van der Waals surface area (Å²) in [6, 6.07) is -1.90. The van der Waals surface area contributed by atoms with Crippen LogP contribution in [-0.4, -0.2) is 89.2 Å². The number of alkyl halides is 1. The van der Waals surface area contributed by atoms with Gasteiger partial charge in [-0.25, -0.2) is 4.39 Å². The minimum atomic E-state index is -0.727. The van der Waals surface area contributed by atoms with Crippen molar-refractivity contribution in [3.8, 4) is 0 Å². The minimum absolute atomic E-state index is 0.0253. The molecule has 10 heteroatoms. The second-order valence-corrected chi connectivity index (χ2v) is 20.3. The zero-order chi connectivity index (χ0) is 39.9. The summed E-state index contributed by atoms with van der Waals surface area (Å²) in [5.74, 6) is -2.66. The van der Waals surface area contributed by atoms with Crippen molar-refractivity contribution >= 4 is 34.9 Å². The summed E-state index contributed by atoms with van der Waals surface area (Å²) in [7, 11) is 0. The van der Waals surface area contributed by atoms with Crippen LogP contribution >= 0.6 is 0 Å². The summed E-state index contributed by atoms with van der Waals surface area (Å²) in [6.45, 7) is 13.2. The van der Waals surface area contributed by atoms with Gasteiger partial charge >= 0.3 is 0 Å². The van der Waals surface area contributed by atoms with Crippen LogP contribution in [0.15, 0.2) is 0 Å². The molecular weight excluding hydrogens is 698 g/mol. The first-order valence-electron chi connectivity index (χ1n) is 22.0. The quantitative estimate of drug-likeness (QED) is 0.146. The molecule has 6 aliphatic rings. The molecule has 0 aromatic heterocycles. The second kappa shape index (κ2) is 16.4. The van der Waals surface area contributed by atoms with Crippen LogP contribution in [0.4, 0.5) is 4.39 Å². The molecule has 2 aliphatic heterocycles. The summed E-state index contributed by atoms with van der Waals surface area (Å²) in [5, 5.41) is 3.15. The highest BCUT2D eigenvalue weighted by Gasteiger charge is 2.85. The Morgan fingerprint density at radius 1 is 0.855 bits per heavy atom. The maximum Gasteiger partial charge on any atom is 0.237 e. The fourth-order valence-corrected chi connectivity index (χ4v) is 12.1. The van der Waals surface area contributed by atoms with Crippen LogP contribution in [0.3, 0.4) is 0 Å². The number of hydrogen-bond acceptors (Lipinski definition) is 7. The van der Waals surface area contributed by atoms with Crippen LogP contribution in [0.5, 0.6) is 0 Å². The third-order valence-electron chi connectivity index (χ3n) is 15.9. The van der Waals surface area contributed by atoms with Gasteiger partial charge in [0.25, 0.3) is 0 Å². The normalized spacial score (nSPS) is 29.1. The lowest BCUT2D eigenvalue weighted by Gasteiger charge is -2.37. The van der Waals surface area contributed by atoms with Gasteiger partial charge in [-0.3, -0.25) is 33.7 Å². The van der Waals surface area contributed by atoms with E-state index in [0.717, 1.165) is 70.6 Å². The van der Waals surface area contributed by atoms with E-state index in [1.165, 1.54) is 0 Å². The number of ketones is 4. The molecule has 6 atom stereocenters. The summed E-state index contributed by atoms with van der Waals surface area (Å²) < 4.78 is 13.4. The molecule has 2 amide bonds. The van der Waals surface area contributed by atoms with Crippen molar-refractivity contribution in [1.29, 1.82) is 0 Å². The van der Waals surface area contributed by atoms with E-state index in [0.29, 0.717) is 38.8 Å². The summed E-state index contributed by atoms with van der Waals surface area (Å²) >= 11 is 0. The maximum atomic E-state index is 15.2. The van der Waals surface area contributed by atoms with Gasteiger partial charge in [0.1, 0.15) is 6.67 Å². The number of Topliss-reactive ketones (excluding diaryl/α,β-unsaturated/α-hetero) is 4. The standard InChI is InChI=1S/C45H70FN3O6/c1-7-13-31(39(53)37(52)24-29-17-18-29)25-35(50)34-27-45(43(5,6)44(45)19-12-20-44)28-49(34)41(55)32(42(2,3)4)26-36(51)38(30-14-9-8-10-15-30)47-40(54)33-16-11-22-48(33)23-21-46/h29-34,38H,7-28H2,1-6H3,(H,47,54)/t31-,32-,33+,34+,38+,45-/m1/s1. The van der Waals surface area contributed by atoms with Crippen molar-refractivity contribution < 1.29 is 33.2 Å². The summed E-state index contributed by atoms with van der Waals surface area (Å²) in [4.78, 5) is 88.3. The molecule has 0 bridgehead atoms. The predicted molar refractivity (Wildman–Crippen MR) is 210 cm³/mol. The highest BCUT2D eigenvalue weighted by Crippen LogP contribution is 2.88. The Hall–Kier alpha value is -2.49. The van der Waals surface area contributed by atoms with Gasteiger partial charge in [-0.15, -0.1) is 0 Å². The Bertz CT molecular complexity index is 1490. The van der Waals surface area contributed by atoms with Gasteiger partial charge in [0.15, 0.2) is 17.3 Å². The van der Waals surface area contributed by atoms with Gasteiger partial charge in [-0.1, -0.05) is 73.6 Å². The molecule has 0 aromatic rings. The molecule has 0 unspecified atom stereocenters. The maximum absolute atomic E-state index is 15.2. The van der Waals surface area contributed by atoms with Crippen molar-refractivity contribution in [3.05, 3.63) is 0 Å². The second-order valence-electron chi connectivity index (χ2n) is 20.3. The largest absolute Gasteiger partial charge is 0.345 e. The number of halogens is 1. The molecule has 2 spiro atoms. The van der Waals surface area contributed by atoms with E-state index in [-0.39, 0.29) is 83.1 Å². The highest BCUT2D eigenvalue weighted by molar-refractivity contribution is 6.38. The van der Waals surface area contributed by atoms with E-state index >= 15 is 4.79 Å². The lowest BCUT2D eigenvalue weighted by atomic mass is 9.73. The van der Waals surface area contributed by atoms with Gasteiger partial charge in [0, 0.05) is 49.6 Å². The van der Waals surface area contributed by atoms with Crippen LogP contribution in [0, 0.1) is 45.3 Å². The lowest BCUT2D eigenvalue weighted by molar-refractivity contribution is -0.147. The van der Waals surface area contributed by atoms with Gasteiger partial charge in [0.05, 0.1) is 18.1 Å². The van der Waals surface area contributed by atoms with Crippen LogP contribution in [0.1, 0.15) is 157 Å². The van der Waals surface area contributed by atoms with Crippen molar-refractivity contribution in [2.24, 2.45) is 45.3 Å². The van der Waals surface area contributed by atoms with Crippen molar-refractivity contribution in [3.63, 3.8) is 0 Å². The molecule has 55 heavy (non-hydrogen) atoms. The molecule has 4 saturated carbocycles. The van der Waals surface area contributed by atoms with Gasteiger partial charge in [0.2, 0.25) is 17.6 Å². The van der Waals surface area contributed by atoms with Gasteiger partial charge in [-0.2, -0.15) is 0 Å². The summed E-state index contributed by atoms with van der Waals surface area (Å²) in [5.41, 5.74) is -0.807. The van der Waals surface area contributed by atoms with E-state index in [9.17, 15) is 28.4 Å². The molecule has 2 saturated heterocycles. The molecule has 0 aromatic carbocycles. The van der Waals surface area contributed by atoms with E-state index in [2.05, 4.69) is 19.2 Å². The number of rotatable bonds is 18. The van der Waals surface area contributed by atoms with E-state index in [1.807, 2.05) is 32.6 Å². The number of fused-ring (bicyclic) bond motifs is 1. The molecule has 9 nitrogen and oxygen atoms in total. The van der Waals surface area contributed by atoms with Gasteiger partial charge < -0.3 is 10.2 Å². The minimum Gasteiger partial charge on any atom is -0.345 e. The number of hydrogen-bond donors (Lipinski definition) is 1. The SMILES string of the molecule is CCC[C@H](CC(=O)[C@@H]1C[C@@]2(CN1C(=O)[C@@H](CC(=O)[C@@H](NC(=O)[C@@H]1CCCN1CCF)C1CCCCC1)C(C)(C)C)C(C)(C)C21CCC1)C(=O)C(=O)CC1CC1. The first kappa shape index (κ1) is 42.1. The first-order valence-corrected chi connectivity index (χ1v) is 22.0. The molecule has 4 aliphatic carbocycles. The van der Waals surface area contributed by atoms with E-state index < -0.39 is 47.8 Å². The third kappa shape index (κ3) is 8.02. The molecule has 1 N–H and O–H groups in total. The Morgan fingerprint density at radius 3 is 2.11 bits per heavy atom. The fourth-order valence-electron chi connectivity index (χ4n) is 12.1. The number of nitrogens with one attached hydrogen (secondary N) is 1. The monoisotopic (exact) mass is 768 g/mol. The van der Waals surface area contributed by atoms with Crippen LogP contribution in [0.25, 0.3) is 0 Å². The Kier molecular flexibility index (Phi) is 12.6. The van der Waals surface area contributed by atoms with Crippen LogP contribution < -0.4 is 5.32 Å². The van der Waals surface area contributed by atoms with Gasteiger partial charge in [-0.05, 0) is 98.8 Å². The molecule has 6 rings (SSSR count). The van der Waals surface area contributed by atoms with Crippen LogP contribution in [-0.2, 0) is 28.8 Å². The van der Waals surface area contributed by atoms with Crippen molar-refractivity contribution in [2.75, 3.05) is 26.3 Å². The molecule has 0 radical (unpaired) electrons. The van der Waals surface area contributed by atoms with E-state index in [1.54, 1.807) is 4.90 Å². The molecule has 6 fully saturated rings.